The molecule has 3 aromatic rings. The minimum absolute atomic E-state index is 0.323. The van der Waals surface area contributed by atoms with Crippen molar-refractivity contribution in [2.45, 2.75) is 51.6 Å². The Kier molecular flexibility index (Phi) is 6.63. The zero-order chi connectivity index (χ0) is 25.1. The lowest BCUT2D eigenvalue weighted by atomic mass is 9.98. The van der Waals surface area contributed by atoms with Crippen molar-refractivity contribution in [1.29, 1.82) is 0 Å². The highest BCUT2D eigenvalue weighted by molar-refractivity contribution is 5.95. The molecule has 1 aromatic heterocycles. The number of nitrogens with zero attached hydrogens (tertiary/aromatic N) is 5. The fraction of sp³-hybridized carbons (Fsp3) is 0.407. The number of unbranched alkanes of at least 4 members (excludes halogenated alkanes) is 1. The van der Waals surface area contributed by atoms with Gasteiger partial charge in [-0.15, -0.1) is 10.2 Å². The van der Waals surface area contributed by atoms with Crippen LogP contribution in [0.3, 0.4) is 0 Å². The largest absolute Gasteiger partial charge is 0.464 e. The number of methoxy groups -OCH3 is 1. The highest BCUT2D eigenvalue weighted by Gasteiger charge is 2.46. The number of hydrogen-bond donors (Lipinski definition) is 2. The van der Waals surface area contributed by atoms with E-state index in [1.54, 1.807) is 0 Å². The molecule has 1 atom stereocenters. The van der Waals surface area contributed by atoms with Crippen molar-refractivity contribution < 1.29 is 9.53 Å². The Morgan fingerprint density at radius 1 is 1.08 bits per heavy atom. The predicted molar refractivity (Wildman–Crippen MR) is 138 cm³/mol. The molecule has 188 valence electrons. The molecule has 0 spiro atoms. The van der Waals surface area contributed by atoms with Crippen molar-refractivity contribution >= 4 is 11.7 Å². The summed E-state index contributed by atoms with van der Waals surface area (Å²) in [5, 5.41) is 18.3. The van der Waals surface area contributed by atoms with Crippen molar-refractivity contribution in [2.24, 2.45) is 0 Å². The highest BCUT2D eigenvalue weighted by atomic mass is 16.5. The molecule has 3 heterocycles. The molecule has 1 fully saturated rings. The number of ether oxygens (including phenoxy) is 1. The third-order valence-electron chi connectivity index (χ3n) is 7.10. The fourth-order valence-electron chi connectivity index (χ4n) is 5.28. The molecule has 0 saturated carbocycles. The summed E-state index contributed by atoms with van der Waals surface area (Å²) in [4.78, 5) is 17.6. The number of nitrogens with one attached hydrogen (secondary N) is 2. The molecule has 1 saturated heterocycles. The van der Waals surface area contributed by atoms with Gasteiger partial charge in [0.15, 0.2) is 5.70 Å². The average Bonchev–Trinajstić information content (AvgIpc) is 3.68. The number of aromatic amines is 1. The Labute approximate surface area is 211 Å². The summed E-state index contributed by atoms with van der Waals surface area (Å²) in [5.74, 6) is 1.11. The van der Waals surface area contributed by atoms with Crippen molar-refractivity contribution in [3.63, 3.8) is 0 Å². The maximum atomic E-state index is 13.2. The Balaban J connectivity index is 1.56. The van der Waals surface area contributed by atoms with Crippen LogP contribution in [0.5, 0.6) is 0 Å². The smallest absolute Gasteiger partial charge is 0.358 e. The van der Waals surface area contributed by atoms with Gasteiger partial charge in [0.05, 0.1) is 7.11 Å². The molecule has 36 heavy (non-hydrogen) atoms. The molecule has 9 heteroatoms. The van der Waals surface area contributed by atoms with Crippen LogP contribution < -0.4 is 10.2 Å². The number of carbonyl (C=O) groups excluding carboxylic acids is 1. The monoisotopic (exact) mass is 487 g/mol. The van der Waals surface area contributed by atoms with E-state index in [1.165, 1.54) is 7.11 Å². The average molecular weight is 488 g/mol. The summed E-state index contributed by atoms with van der Waals surface area (Å²) in [6, 6.07) is 16.3. The first-order valence-corrected chi connectivity index (χ1v) is 12.6. The van der Waals surface area contributed by atoms with Gasteiger partial charge < -0.3 is 19.9 Å². The summed E-state index contributed by atoms with van der Waals surface area (Å²) in [6.45, 7) is 6.24. The number of esters is 1. The van der Waals surface area contributed by atoms with Gasteiger partial charge in [-0.2, -0.15) is 5.21 Å². The van der Waals surface area contributed by atoms with Gasteiger partial charge in [-0.3, -0.25) is 0 Å². The zero-order valence-corrected chi connectivity index (χ0v) is 21.1. The number of rotatable bonds is 8. The normalized spacial score (nSPS) is 19.6. The minimum Gasteiger partial charge on any atom is -0.464 e. The molecule has 1 unspecified atom stereocenters. The van der Waals surface area contributed by atoms with Gasteiger partial charge in [0, 0.05) is 24.3 Å². The van der Waals surface area contributed by atoms with E-state index in [0.717, 1.165) is 73.4 Å². The van der Waals surface area contributed by atoms with E-state index >= 15 is 0 Å². The van der Waals surface area contributed by atoms with Gasteiger partial charge in [-0.05, 0) is 61.1 Å². The Morgan fingerprint density at radius 2 is 1.81 bits per heavy atom. The van der Waals surface area contributed by atoms with Gasteiger partial charge in [0.25, 0.3) is 0 Å². The molecular formula is C27H33N7O2. The van der Waals surface area contributed by atoms with E-state index in [4.69, 9.17) is 4.74 Å². The number of tetrazole rings is 1. The van der Waals surface area contributed by atoms with Crippen molar-refractivity contribution in [2.75, 3.05) is 25.1 Å². The van der Waals surface area contributed by atoms with Crippen LogP contribution in [-0.4, -0.2) is 57.4 Å². The van der Waals surface area contributed by atoms with Crippen LogP contribution in [0.2, 0.25) is 0 Å². The van der Waals surface area contributed by atoms with Crippen LogP contribution in [0.25, 0.3) is 22.5 Å². The van der Waals surface area contributed by atoms with E-state index in [1.807, 2.05) is 18.2 Å². The summed E-state index contributed by atoms with van der Waals surface area (Å²) in [5.41, 5.74) is 4.03. The maximum Gasteiger partial charge on any atom is 0.358 e. The molecule has 2 aliphatic rings. The molecule has 2 N–H and O–H groups in total. The molecule has 5 rings (SSSR count). The highest BCUT2D eigenvalue weighted by Crippen LogP contribution is 2.40. The molecule has 0 radical (unpaired) electrons. The first-order valence-electron chi connectivity index (χ1n) is 12.6. The predicted octanol–water partition coefficient (Wildman–Crippen LogP) is 4.29. The minimum atomic E-state index is -0.443. The molecular weight excluding hydrogens is 454 g/mol. The van der Waals surface area contributed by atoms with Gasteiger partial charge in [0.2, 0.25) is 5.82 Å². The summed E-state index contributed by atoms with van der Waals surface area (Å²) < 4.78 is 5.30. The fourth-order valence-corrected chi connectivity index (χ4v) is 5.28. The van der Waals surface area contributed by atoms with Crippen LogP contribution in [-0.2, 0) is 9.53 Å². The van der Waals surface area contributed by atoms with Gasteiger partial charge in [-0.25, -0.2) is 4.79 Å². The first-order chi connectivity index (χ1) is 17.6. The Hall–Kier alpha value is -3.88. The number of hydrogen-bond acceptors (Lipinski definition) is 8. The van der Waals surface area contributed by atoms with Gasteiger partial charge in [-0.1, -0.05) is 49.7 Å². The Morgan fingerprint density at radius 3 is 2.44 bits per heavy atom. The van der Waals surface area contributed by atoms with Crippen molar-refractivity contribution in [3.8, 4) is 22.5 Å². The lowest BCUT2D eigenvalue weighted by Crippen LogP contribution is -2.51. The third kappa shape index (κ3) is 4.29. The topological polar surface area (TPSA) is 99.3 Å². The summed E-state index contributed by atoms with van der Waals surface area (Å²) in [7, 11) is 1.45. The first kappa shape index (κ1) is 23.8. The molecule has 2 aromatic carbocycles. The number of likely N-dealkylation sites (tertiary alicyclic amines) is 1. The second kappa shape index (κ2) is 10.0. The number of H-pyrrole nitrogens is 1. The van der Waals surface area contributed by atoms with E-state index in [-0.39, 0.29) is 5.97 Å². The molecule has 9 nitrogen and oxygen atoms in total. The maximum absolute atomic E-state index is 13.2. The van der Waals surface area contributed by atoms with Crippen LogP contribution in [0.15, 0.2) is 60.0 Å². The van der Waals surface area contributed by atoms with E-state index < -0.39 is 5.66 Å². The van der Waals surface area contributed by atoms with E-state index in [0.29, 0.717) is 11.5 Å². The zero-order valence-electron chi connectivity index (χ0n) is 21.1. The quantitative estimate of drug-likeness (QED) is 0.454. The summed E-state index contributed by atoms with van der Waals surface area (Å²) in [6.07, 6.45) is 5.25. The van der Waals surface area contributed by atoms with Crippen molar-refractivity contribution in [3.05, 3.63) is 60.0 Å². The lowest BCUT2D eigenvalue weighted by Gasteiger charge is -2.38. The molecule has 0 bridgehead atoms. The lowest BCUT2D eigenvalue weighted by molar-refractivity contribution is -0.136. The summed E-state index contributed by atoms with van der Waals surface area (Å²) >= 11 is 0. The number of benzene rings is 2. The Bertz CT molecular complexity index is 1230. The standard InChI is InChI=1S/C27H33N7O2/c1-4-5-16-27(2)28-25(33-17-8-9-18-33)23(26(35)36-3)34(27)20-14-12-19(13-15-20)21-10-6-7-11-22(21)24-29-31-32-30-24/h6-7,10-15,28H,4-5,8-9,16-18H2,1-3H3,(H,29,30,31,32). The number of aromatic nitrogens is 4. The second-order valence-electron chi connectivity index (χ2n) is 9.55. The van der Waals surface area contributed by atoms with Crippen LogP contribution in [0, 0.1) is 0 Å². The van der Waals surface area contributed by atoms with E-state index in [2.05, 4.69) is 79.9 Å². The van der Waals surface area contributed by atoms with Crippen molar-refractivity contribution in [1.82, 2.24) is 30.8 Å². The molecule has 0 aliphatic carbocycles. The van der Waals surface area contributed by atoms with Gasteiger partial charge in [0.1, 0.15) is 11.5 Å². The third-order valence-corrected chi connectivity index (χ3v) is 7.10. The van der Waals surface area contributed by atoms with E-state index in [9.17, 15) is 4.79 Å². The second-order valence-corrected chi connectivity index (χ2v) is 9.55. The van der Waals surface area contributed by atoms with Gasteiger partial charge >= 0.3 is 5.97 Å². The van der Waals surface area contributed by atoms with Crippen LogP contribution >= 0.6 is 0 Å². The van der Waals surface area contributed by atoms with Crippen LogP contribution in [0.1, 0.15) is 46.0 Å². The molecule has 2 aliphatic heterocycles. The number of carbonyl (C=O) groups is 1. The molecule has 0 amide bonds. The SMILES string of the molecule is CCCCC1(C)NC(N2CCCC2)=C(C(=O)OC)N1c1ccc(-c2ccccc2-c2nn[nH]n2)cc1. The number of anilines is 1. The van der Waals surface area contributed by atoms with Crippen LogP contribution in [0.4, 0.5) is 5.69 Å².